The first-order valence-corrected chi connectivity index (χ1v) is 8.89. The van der Waals surface area contributed by atoms with Crippen molar-refractivity contribution in [3.05, 3.63) is 23.0 Å². The molecule has 0 spiro atoms. The summed E-state index contributed by atoms with van der Waals surface area (Å²) >= 11 is 1.85. The van der Waals surface area contributed by atoms with Gasteiger partial charge in [0.15, 0.2) is 0 Å². The molecule has 21 heavy (non-hydrogen) atoms. The van der Waals surface area contributed by atoms with E-state index in [4.69, 9.17) is 4.98 Å². The fourth-order valence-corrected chi connectivity index (χ4v) is 4.08. The van der Waals surface area contributed by atoms with Crippen LogP contribution in [0.15, 0.2) is 12.4 Å². The van der Waals surface area contributed by atoms with E-state index in [1.807, 2.05) is 22.2 Å². The van der Waals surface area contributed by atoms with Crippen molar-refractivity contribution in [1.29, 1.82) is 0 Å². The van der Waals surface area contributed by atoms with Gasteiger partial charge in [-0.2, -0.15) is 5.10 Å². The largest absolute Gasteiger partial charge is 0.309 e. The van der Waals surface area contributed by atoms with E-state index in [1.165, 1.54) is 29.8 Å². The van der Waals surface area contributed by atoms with E-state index in [9.17, 15) is 0 Å². The highest BCUT2D eigenvalue weighted by Crippen LogP contribution is 2.37. The lowest BCUT2D eigenvalue weighted by Crippen LogP contribution is -2.24. The van der Waals surface area contributed by atoms with Gasteiger partial charge in [0.2, 0.25) is 0 Å². The molecule has 0 bridgehead atoms. The quantitative estimate of drug-likeness (QED) is 0.883. The molecule has 3 rings (SSSR count). The normalized spacial score (nSPS) is 17.9. The van der Waals surface area contributed by atoms with Crippen molar-refractivity contribution in [3.63, 3.8) is 0 Å². The average molecular weight is 304 g/mol. The maximum absolute atomic E-state index is 4.88. The highest BCUT2D eigenvalue weighted by atomic mass is 32.1. The second kappa shape index (κ2) is 6.71. The molecule has 1 N–H and O–H groups in total. The Balaban J connectivity index is 1.83. The molecule has 2 heterocycles. The van der Waals surface area contributed by atoms with Crippen LogP contribution in [0.2, 0.25) is 0 Å². The summed E-state index contributed by atoms with van der Waals surface area (Å²) in [6.07, 6.45) is 9.98. The Bertz CT molecular complexity index is 587. The standard InChI is InChI=1S/C16H24N4S/c1-3-8-17-13-6-5-7-14-15(13)21-16(19-14)12-10-18-20(11-12)9-4-2/h10-11,13,17H,3-9H2,1-2H3. The molecule has 0 radical (unpaired) electrons. The smallest absolute Gasteiger partial charge is 0.127 e. The van der Waals surface area contributed by atoms with Crippen molar-refractivity contribution >= 4 is 11.3 Å². The summed E-state index contributed by atoms with van der Waals surface area (Å²) in [5, 5.41) is 9.22. The van der Waals surface area contributed by atoms with Crippen LogP contribution < -0.4 is 5.32 Å². The van der Waals surface area contributed by atoms with Gasteiger partial charge in [-0.1, -0.05) is 13.8 Å². The summed E-state index contributed by atoms with van der Waals surface area (Å²) in [5.74, 6) is 0. The van der Waals surface area contributed by atoms with Crippen LogP contribution in [0.4, 0.5) is 0 Å². The predicted octanol–water partition coefficient (Wildman–Crippen LogP) is 3.79. The molecule has 0 fully saturated rings. The number of fused-ring (bicyclic) bond motifs is 1. The van der Waals surface area contributed by atoms with E-state index in [0.29, 0.717) is 6.04 Å². The highest BCUT2D eigenvalue weighted by molar-refractivity contribution is 7.15. The molecule has 0 saturated heterocycles. The topological polar surface area (TPSA) is 42.7 Å². The number of rotatable bonds is 6. The van der Waals surface area contributed by atoms with Crippen molar-refractivity contribution in [2.75, 3.05) is 6.54 Å². The molecular formula is C16H24N4S. The minimum absolute atomic E-state index is 0.505. The van der Waals surface area contributed by atoms with Gasteiger partial charge in [0.05, 0.1) is 11.9 Å². The Labute approximate surface area is 130 Å². The van der Waals surface area contributed by atoms with Gasteiger partial charge in [0.25, 0.3) is 0 Å². The minimum atomic E-state index is 0.505. The number of thiazole rings is 1. The molecule has 5 heteroatoms. The number of hydrogen-bond donors (Lipinski definition) is 1. The average Bonchev–Trinajstić information content (AvgIpc) is 3.11. The fourth-order valence-electron chi connectivity index (χ4n) is 2.88. The molecule has 114 valence electrons. The van der Waals surface area contributed by atoms with Gasteiger partial charge in [-0.05, 0) is 38.6 Å². The number of aromatic nitrogens is 3. The SMILES string of the molecule is CCCNC1CCCc2nc(-c3cnn(CCC)c3)sc21. The van der Waals surface area contributed by atoms with Gasteiger partial charge in [-0.3, -0.25) is 4.68 Å². The fraction of sp³-hybridized carbons (Fsp3) is 0.625. The van der Waals surface area contributed by atoms with Gasteiger partial charge in [0, 0.05) is 29.2 Å². The van der Waals surface area contributed by atoms with Crippen molar-refractivity contribution in [2.45, 2.75) is 58.5 Å². The number of nitrogens with zero attached hydrogens (tertiary/aromatic N) is 3. The maximum atomic E-state index is 4.88. The van der Waals surface area contributed by atoms with E-state index in [1.54, 1.807) is 0 Å². The summed E-state index contributed by atoms with van der Waals surface area (Å²) in [6, 6.07) is 0.505. The van der Waals surface area contributed by atoms with Crippen LogP contribution in [-0.2, 0) is 13.0 Å². The summed E-state index contributed by atoms with van der Waals surface area (Å²) in [7, 11) is 0. The summed E-state index contributed by atoms with van der Waals surface area (Å²) in [6.45, 7) is 6.46. The van der Waals surface area contributed by atoms with E-state index >= 15 is 0 Å². The zero-order valence-electron chi connectivity index (χ0n) is 12.9. The molecular weight excluding hydrogens is 280 g/mol. The van der Waals surface area contributed by atoms with Crippen LogP contribution in [0.1, 0.15) is 56.1 Å². The molecule has 0 aromatic carbocycles. The molecule has 1 unspecified atom stereocenters. The first kappa shape index (κ1) is 14.7. The second-order valence-corrected chi connectivity index (χ2v) is 6.75. The van der Waals surface area contributed by atoms with Crippen molar-refractivity contribution < 1.29 is 0 Å². The molecule has 0 aliphatic heterocycles. The zero-order chi connectivity index (χ0) is 14.7. The van der Waals surface area contributed by atoms with Crippen LogP contribution in [0.5, 0.6) is 0 Å². The summed E-state index contributed by atoms with van der Waals surface area (Å²) in [5.41, 5.74) is 2.47. The van der Waals surface area contributed by atoms with Gasteiger partial charge in [-0.25, -0.2) is 4.98 Å². The minimum Gasteiger partial charge on any atom is -0.309 e. The Morgan fingerprint density at radius 2 is 2.29 bits per heavy atom. The second-order valence-electron chi connectivity index (χ2n) is 5.72. The number of nitrogens with one attached hydrogen (secondary N) is 1. The zero-order valence-corrected chi connectivity index (χ0v) is 13.7. The molecule has 1 aliphatic rings. The monoisotopic (exact) mass is 304 g/mol. The van der Waals surface area contributed by atoms with Gasteiger partial charge in [-0.15, -0.1) is 11.3 Å². The molecule has 0 amide bonds. The lowest BCUT2D eigenvalue weighted by Gasteiger charge is -2.22. The summed E-state index contributed by atoms with van der Waals surface area (Å²) in [4.78, 5) is 6.33. The predicted molar refractivity (Wildman–Crippen MR) is 87.6 cm³/mol. The van der Waals surface area contributed by atoms with Crippen LogP contribution in [0.25, 0.3) is 10.6 Å². The molecule has 1 atom stereocenters. The van der Waals surface area contributed by atoms with Crippen molar-refractivity contribution in [3.8, 4) is 10.6 Å². The first-order chi connectivity index (χ1) is 10.3. The Morgan fingerprint density at radius 3 is 3.10 bits per heavy atom. The van der Waals surface area contributed by atoms with Gasteiger partial charge >= 0.3 is 0 Å². The lowest BCUT2D eigenvalue weighted by molar-refractivity contribution is 0.465. The molecule has 0 saturated carbocycles. The Kier molecular flexibility index (Phi) is 4.70. The van der Waals surface area contributed by atoms with Crippen LogP contribution in [-0.4, -0.2) is 21.3 Å². The van der Waals surface area contributed by atoms with Crippen molar-refractivity contribution in [1.82, 2.24) is 20.1 Å². The molecule has 2 aromatic heterocycles. The van der Waals surface area contributed by atoms with Crippen LogP contribution >= 0.6 is 11.3 Å². The third-order valence-corrected chi connectivity index (χ3v) is 5.18. The first-order valence-electron chi connectivity index (χ1n) is 8.07. The number of hydrogen-bond acceptors (Lipinski definition) is 4. The molecule has 4 nitrogen and oxygen atoms in total. The van der Waals surface area contributed by atoms with Gasteiger partial charge in [0.1, 0.15) is 5.01 Å². The molecule has 2 aromatic rings. The van der Waals surface area contributed by atoms with Crippen LogP contribution in [0.3, 0.4) is 0 Å². The maximum Gasteiger partial charge on any atom is 0.127 e. The highest BCUT2D eigenvalue weighted by Gasteiger charge is 2.24. The Hall–Kier alpha value is -1.20. The molecule has 1 aliphatic carbocycles. The van der Waals surface area contributed by atoms with E-state index < -0.39 is 0 Å². The van der Waals surface area contributed by atoms with E-state index in [2.05, 4.69) is 30.5 Å². The van der Waals surface area contributed by atoms with Gasteiger partial charge < -0.3 is 5.32 Å². The van der Waals surface area contributed by atoms with E-state index in [-0.39, 0.29) is 0 Å². The summed E-state index contributed by atoms with van der Waals surface area (Å²) < 4.78 is 2.02. The third kappa shape index (κ3) is 3.19. The van der Waals surface area contributed by atoms with Crippen molar-refractivity contribution in [2.24, 2.45) is 0 Å². The van der Waals surface area contributed by atoms with Crippen LogP contribution in [0, 0.1) is 0 Å². The number of aryl methyl sites for hydroxylation is 2. The lowest BCUT2D eigenvalue weighted by atomic mass is 9.98. The van der Waals surface area contributed by atoms with E-state index in [0.717, 1.165) is 36.5 Å². The third-order valence-electron chi connectivity index (χ3n) is 3.92. The Morgan fingerprint density at radius 1 is 1.38 bits per heavy atom.